The van der Waals surface area contributed by atoms with Crippen LogP contribution in [0.15, 0.2) is 36.4 Å². The average molecular weight is 338 g/mol. The van der Waals surface area contributed by atoms with Crippen molar-refractivity contribution in [1.82, 2.24) is 20.1 Å². The number of amides is 1. The lowest BCUT2D eigenvalue weighted by Crippen LogP contribution is -2.29. The van der Waals surface area contributed by atoms with Crippen molar-refractivity contribution < 1.29 is 9.53 Å². The molecule has 0 aliphatic heterocycles. The second-order valence-corrected chi connectivity index (χ2v) is 6.06. The number of aromatic nitrogens is 3. The van der Waals surface area contributed by atoms with Gasteiger partial charge in [0, 0.05) is 26.4 Å². The van der Waals surface area contributed by atoms with Crippen LogP contribution in [-0.2, 0) is 11.8 Å². The van der Waals surface area contributed by atoms with E-state index in [2.05, 4.69) is 15.4 Å². The zero-order chi connectivity index (χ0) is 18.0. The highest BCUT2D eigenvalue weighted by Crippen LogP contribution is 2.22. The molecular weight excluding hydrogens is 316 g/mol. The van der Waals surface area contributed by atoms with Crippen molar-refractivity contribution in [2.75, 3.05) is 13.7 Å². The molecule has 0 fully saturated rings. The van der Waals surface area contributed by atoms with E-state index in [0.29, 0.717) is 17.8 Å². The molecule has 0 saturated heterocycles. The quantitative estimate of drug-likeness (QED) is 0.776. The maximum absolute atomic E-state index is 12.8. The highest BCUT2D eigenvalue weighted by molar-refractivity contribution is 6.06. The minimum Gasteiger partial charge on any atom is -0.375 e. The zero-order valence-corrected chi connectivity index (χ0v) is 14.9. The largest absolute Gasteiger partial charge is 0.375 e. The van der Waals surface area contributed by atoms with Crippen molar-refractivity contribution in [3.05, 3.63) is 58.9 Å². The first-order chi connectivity index (χ1) is 12.0. The maximum atomic E-state index is 12.8. The van der Waals surface area contributed by atoms with Gasteiger partial charge >= 0.3 is 0 Å². The summed E-state index contributed by atoms with van der Waals surface area (Å²) in [6.07, 6.45) is -0.196. The van der Waals surface area contributed by atoms with Crippen LogP contribution in [0.5, 0.6) is 0 Å². The standard InChI is InChI=1S/C19H22N4O2/c1-12-10-15(17-13(2)22-23(3)18(17)21-12)19(24)20-11-16(25-4)14-8-6-5-7-9-14/h5-10,16H,11H2,1-4H3,(H,20,24). The number of benzene rings is 1. The van der Waals surface area contributed by atoms with Crippen LogP contribution in [0.2, 0.25) is 0 Å². The van der Waals surface area contributed by atoms with Crippen molar-refractivity contribution in [3.63, 3.8) is 0 Å². The second-order valence-electron chi connectivity index (χ2n) is 6.06. The molecule has 0 spiro atoms. The lowest BCUT2D eigenvalue weighted by Gasteiger charge is -2.17. The lowest BCUT2D eigenvalue weighted by atomic mass is 10.1. The molecule has 130 valence electrons. The first-order valence-corrected chi connectivity index (χ1v) is 8.18. The Morgan fingerprint density at radius 3 is 2.68 bits per heavy atom. The van der Waals surface area contributed by atoms with E-state index in [1.54, 1.807) is 17.9 Å². The molecule has 2 aromatic heterocycles. The van der Waals surface area contributed by atoms with Crippen LogP contribution in [0, 0.1) is 13.8 Å². The number of rotatable bonds is 5. The van der Waals surface area contributed by atoms with E-state index in [-0.39, 0.29) is 12.0 Å². The highest BCUT2D eigenvalue weighted by atomic mass is 16.5. The van der Waals surface area contributed by atoms with Crippen LogP contribution in [-0.4, -0.2) is 34.3 Å². The Labute approximate surface area is 146 Å². The van der Waals surface area contributed by atoms with Gasteiger partial charge in [-0.25, -0.2) is 4.98 Å². The number of ether oxygens (including phenoxy) is 1. The fourth-order valence-corrected chi connectivity index (χ4v) is 3.03. The molecular formula is C19H22N4O2. The first kappa shape index (κ1) is 17.1. The van der Waals surface area contributed by atoms with Gasteiger partial charge in [0.25, 0.3) is 5.91 Å². The summed E-state index contributed by atoms with van der Waals surface area (Å²) in [5, 5.41) is 8.15. The molecule has 3 rings (SSSR count). The van der Waals surface area contributed by atoms with Crippen LogP contribution in [0.3, 0.4) is 0 Å². The van der Waals surface area contributed by atoms with Gasteiger partial charge in [-0.1, -0.05) is 30.3 Å². The third kappa shape index (κ3) is 3.39. The monoisotopic (exact) mass is 338 g/mol. The number of carbonyl (C=O) groups is 1. The van der Waals surface area contributed by atoms with Gasteiger partial charge in [-0.15, -0.1) is 0 Å². The van der Waals surface area contributed by atoms with Gasteiger partial charge in [-0.05, 0) is 25.5 Å². The third-order valence-corrected chi connectivity index (χ3v) is 4.25. The smallest absolute Gasteiger partial charge is 0.252 e. The van der Waals surface area contributed by atoms with Gasteiger partial charge < -0.3 is 10.1 Å². The van der Waals surface area contributed by atoms with Crippen molar-refractivity contribution in [2.24, 2.45) is 7.05 Å². The Morgan fingerprint density at radius 1 is 1.28 bits per heavy atom. The summed E-state index contributed by atoms with van der Waals surface area (Å²) in [6, 6.07) is 11.6. The Kier molecular flexibility index (Phi) is 4.81. The number of hydrogen-bond acceptors (Lipinski definition) is 4. The molecule has 0 saturated carbocycles. The fourth-order valence-electron chi connectivity index (χ4n) is 3.03. The van der Waals surface area contributed by atoms with E-state index in [9.17, 15) is 4.79 Å². The Bertz CT molecular complexity index is 903. The Hall–Kier alpha value is -2.73. The topological polar surface area (TPSA) is 69.0 Å². The highest BCUT2D eigenvalue weighted by Gasteiger charge is 2.19. The molecule has 3 aromatic rings. The molecule has 1 N–H and O–H groups in total. The molecule has 0 bridgehead atoms. The van der Waals surface area contributed by atoms with Gasteiger partial charge in [0.15, 0.2) is 5.65 Å². The molecule has 1 amide bonds. The van der Waals surface area contributed by atoms with E-state index in [0.717, 1.165) is 22.3 Å². The van der Waals surface area contributed by atoms with Crippen molar-refractivity contribution in [2.45, 2.75) is 20.0 Å². The molecule has 0 radical (unpaired) electrons. The van der Waals surface area contributed by atoms with Gasteiger partial charge in [0.05, 0.1) is 22.7 Å². The van der Waals surface area contributed by atoms with Crippen molar-refractivity contribution in [3.8, 4) is 0 Å². The van der Waals surface area contributed by atoms with Gasteiger partial charge in [0.2, 0.25) is 0 Å². The number of nitrogens with one attached hydrogen (secondary N) is 1. The van der Waals surface area contributed by atoms with Crippen LogP contribution in [0.1, 0.15) is 33.4 Å². The average Bonchev–Trinajstić information content (AvgIpc) is 2.89. The number of methoxy groups -OCH3 is 1. The number of pyridine rings is 1. The van der Waals surface area contributed by atoms with Crippen molar-refractivity contribution >= 4 is 16.9 Å². The number of carbonyl (C=O) groups excluding carboxylic acids is 1. The molecule has 0 aliphatic rings. The summed E-state index contributed by atoms with van der Waals surface area (Å²) < 4.78 is 7.22. The van der Waals surface area contributed by atoms with E-state index >= 15 is 0 Å². The first-order valence-electron chi connectivity index (χ1n) is 8.18. The van der Waals surface area contributed by atoms with Crippen LogP contribution in [0.25, 0.3) is 11.0 Å². The second kappa shape index (κ2) is 7.03. The fraction of sp³-hybridized carbons (Fsp3) is 0.316. The van der Waals surface area contributed by atoms with Gasteiger partial charge in [0.1, 0.15) is 0 Å². The van der Waals surface area contributed by atoms with Crippen LogP contribution < -0.4 is 5.32 Å². The molecule has 6 heteroatoms. The number of fused-ring (bicyclic) bond motifs is 1. The Morgan fingerprint density at radius 2 is 2.00 bits per heavy atom. The number of nitrogens with zero attached hydrogens (tertiary/aromatic N) is 3. The maximum Gasteiger partial charge on any atom is 0.252 e. The van der Waals surface area contributed by atoms with Crippen LogP contribution in [0.4, 0.5) is 0 Å². The molecule has 1 aromatic carbocycles. The predicted molar refractivity (Wildman–Crippen MR) is 96.5 cm³/mol. The number of aryl methyl sites for hydroxylation is 3. The Balaban J connectivity index is 1.85. The van der Waals surface area contributed by atoms with E-state index in [1.807, 2.05) is 51.2 Å². The molecule has 25 heavy (non-hydrogen) atoms. The van der Waals surface area contributed by atoms with Gasteiger partial charge in [-0.2, -0.15) is 5.10 Å². The summed E-state index contributed by atoms with van der Waals surface area (Å²) in [7, 11) is 3.48. The van der Waals surface area contributed by atoms with Gasteiger partial charge in [-0.3, -0.25) is 9.48 Å². The third-order valence-electron chi connectivity index (χ3n) is 4.25. The minimum absolute atomic E-state index is 0.149. The van der Waals surface area contributed by atoms with E-state index in [4.69, 9.17) is 4.74 Å². The summed E-state index contributed by atoms with van der Waals surface area (Å²) in [5.74, 6) is -0.149. The molecule has 1 atom stereocenters. The molecule has 0 aliphatic carbocycles. The molecule has 2 heterocycles. The normalized spacial score (nSPS) is 12.3. The zero-order valence-electron chi connectivity index (χ0n) is 14.9. The predicted octanol–water partition coefficient (Wildman–Crippen LogP) is 2.70. The lowest BCUT2D eigenvalue weighted by molar-refractivity contribution is 0.0829. The summed E-state index contributed by atoms with van der Waals surface area (Å²) in [6.45, 7) is 4.15. The summed E-state index contributed by atoms with van der Waals surface area (Å²) in [4.78, 5) is 17.3. The SMILES string of the molecule is COC(CNC(=O)c1cc(C)nc2c1c(C)nn2C)c1ccccc1. The summed E-state index contributed by atoms with van der Waals surface area (Å²) in [5.41, 5.74) is 3.91. The molecule has 1 unspecified atom stereocenters. The van der Waals surface area contributed by atoms with E-state index < -0.39 is 0 Å². The van der Waals surface area contributed by atoms with Crippen molar-refractivity contribution in [1.29, 1.82) is 0 Å². The van der Waals surface area contributed by atoms with Crippen LogP contribution >= 0.6 is 0 Å². The van der Waals surface area contributed by atoms with E-state index in [1.165, 1.54) is 0 Å². The number of hydrogen-bond donors (Lipinski definition) is 1. The molecule has 6 nitrogen and oxygen atoms in total. The minimum atomic E-state index is -0.196. The summed E-state index contributed by atoms with van der Waals surface area (Å²) >= 11 is 0.